The van der Waals surface area contributed by atoms with Crippen molar-refractivity contribution in [1.82, 2.24) is 5.32 Å². The van der Waals surface area contributed by atoms with E-state index in [1.807, 2.05) is 13.8 Å². The van der Waals surface area contributed by atoms with E-state index in [4.69, 9.17) is 4.74 Å². The molecular weight excluding hydrogens is 296 g/mol. The lowest BCUT2D eigenvalue weighted by atomic mass is 10.1. The molecule has 1 aromatic rings. The van der Waals surface area contributed by atoms with Crippen molar-refractivity contribution in [3.8, 4) is 0 Å². The fourth-order valence-corrected chi connectivity index (χ4v) is 2.33. The van der Waals surface area contributed by atoms with E-state index >= 15 is 0 Å². The summed E-state index contributed by atoms with van der Waals surface area (Å²) < 4.78 is 4.70. The van der Waals surface area contributed by atoms with Gasteiger partial charge in [0, 0.05) is 6.04 Å². The van der Waals surface area contributed by atoms with E-state index in [-0.39, 0.29) is 29.7 Å². The Bertz CT molecular complexity index is 614. The monoisotopic (exact) mass is 318 g/mol. The standard InChI is InChI=1S/C17H22N2O4/c1-4-10(2)18-15(20)12-9-13(12)16(21)19-14-8-6-5-7-11(14)17(22)23-3/h5-8,10,12-13H,4,9H2,1-3H3,(H,18,20)(H,19,21). The Hall–Kier alpha value is -2.37. The van der Waals surface area contributed by atoms with Gasteiger partial charge in [-0.2, -0.15) is 0 Å². The number of rotatable bonds is 6. The largest absolute Gasteiger partial charge is 0.465 e. The van der Waals surface area contributed by atoms with Crippen LogP contribution in [0.3, 0.4) is 0 Å². The fourth-order valence-electron chi connectivity index (χ4n) is 2.33. The van der Waals surface area contributed by atoms with Crippen LogP contribution in [0.15, 0.2) is 24.3 Å². The summed E-state index contributed by atoms with van der Waals surface area (Å²) in [6.07, 6.45) is 1.39. The van der Waals surface area contributed by atoms with Gasteiger partial charge in [-0.1, -0.05) is 19.1 Å². The average Bonchev–Trinajstić information content (AvgIpc) is 3.35. The molecule has 2 N–H and O–H groups in total. The van der Waals surface area contributed by atoms with Gasteiger partial charge in [-0.15, -0.1) is 0 Å². The van der Waals surface area contributed by atoms with Gasteiger partial charge >= 0.3 is 5.97 Å². The summed E-state index contributed by atoms with van der Waals surface area (Å²) >= 11 is 0. The van der Waals surface area contributed by atoms with Crippen molar-refractivity contribution < 1.29 is 19.1 Å². The number of hydrogen-bond acceptors (Lipinski definition) is 4. The maximum Gasteiger partial charge on any atom is 0.339 e. The van der Waals surface area contributed by atoms with E-state index in [1.165, 1.54) is 7.11 Å². The third-order valence-corrected chi connectivity index (χ3v) is 4.06. The number of amides is 2. The minimum Gasteiger partial charge on any atom is -0.465 e. The molecule has 1 fully saturated rings. The second-order valence-corrected chi connectivity index (χ2v) is 5.79. The van der Waals surface area contributed by atoms with Gasteiger partial charge in [0.2, 0.25) is 11.8 Å². The number of carbonyl (C=O) groups excluding carboxylic acids is 3. The van der Waals surface area contributed by atoms with Gasteiger partial charge in [-0.25, -0.2) is 4.79 Å². The molecule has 6 nitrogen and oxygen atoms in total. The van der Waals surface area contributed by atoms with E-state index < -0.39 is 5.97 Å². The lowest BCUT2D eigenvalue weighted by molar-refractivity contribution is -0.125. The molecule has 3 atom stereocenters. The van der Waals surface area contributed by atoms with Crippen LogP contribution < -0.4 is 10.6 Å². The Morgan fingerprint density at radius 2 is 1.87 bits per heavy atom. The van der Waals surface area contributed by atoms with E-state index in [2.05, 4.69) is 10.6 Å². The summed E-state index contributed by atoms with van der Waals surface area (Å²) in [4.78, 5) is 36.0. The molecule has 0 aliphatic heterocycles. The molecule has 0 bridgehead atoms. The highest BCUT2D eigenvalue weighted by atomic mass is 16.5. The van der Waals surface area contributed by atoms with Gasteiger partial charge in [0.25, 0.3) is 0 Å². The molecule has 0 spiro atoms. The van der Waals surface area contributed by atoms with Gasteiger partial charge in [0.1, 0.15) is 0 Å². The SMILES string of the molecule is CCC(C)NC(=O)C1CC1C(=O)Nc1ccccc1C(=O)OC. The maximum absolute atomic E-state index is 12.3. The van der Waals surface area contributed by atoms with Crippen LogP contribution in [-0.4, -0.2) is 30.9 Å². The Morgan fingerprint density at radius 3 is 2.52 bits per heavy atom. The van der Waals surface area contributed by atoms with Gasteiger partial charge in [0.15, 0.2) is 0 Å². The first-order chi connectivity index (χ1) is 11.0. The van der Waals surface area contributed by atoms with Crippen molar-refractivity contribution in [2.75, 3.05) is 12.4 Å². The summed E-state index contributed by atoms with van der Waals surface area (Å²) in [6.45, 7) is 3.92. The number of benzene rings is 1. The molecule has 0 saturated heterocycles. The van der Waals surface area contributed by atoms with Gasteiger partial charge in [-0.3, -0.25) is 9.59 Å². The highest BCUT2D eigenvalue weighted by Crippen LogP contribution is 2.39. The van der Waals surface area contributed by atoms with E-state index in [0.29, 0.717) is 17.7 Å². The van der Waals surface area contributed by atoms with E-state index in [9.17, 15) is 14.4 Å². The van der Waals surface area contributed by atoms with Crippen LogP contribution in [-0.2, 0) is 14.3 Å². The van der Waals surface area contributed by atoms with Crippen LogP contribution in [0.25, 0.3) is 0 Å². The van der Waals surface area contributed by atoms with Crippen molar-refractivity contribution in [3.05, 3.63) is 29.8 Å². The first kappa shape index (κ1) is 17.0. The third-order valence-electron chi connectivity index (χ3n) is 4.06. The summed E-state index contributed by atoms with van der Waals surface area (Å²) in [5.41, 5.74) is 0.696. The Morgan fingerprint density at radius 1 is 1.22 bits per heavy atom. The normalized spacial score (nSPS) is 20.3. The van der Waals surface area contributed by atoms with Crippen molar-refractivity contribution in [2.24, 2.45) is 11.8 Å². The first-order valence-electron chi connectivity index (χ1n) is 7.76. The molecule has 0 aromatic heterocycles. The van der Waals surface area contributed by atoms with Crippen LogP contribution in [0.1, 0.15) is 37.0 Å². The van der Waals surface area contributed by atoms with Gasteiger partial charge in [0.05, 0.1) is 30.2 Å². The summed E-state index contributed by atoms with van der Waals surface area (Å²) in [5.74, 6) is -1.46. The quantitative estimate of drug-likeness (QED) is 0.785. The molecule has 0 heterocycles. The number of nitrogens with one attached hydrogen (secondary N) is 2. The lowest BCUT2D eigenvalue weighted by Gasteiger charge is -2.11. The number of hydrogen-bond donors (Lipinski definition) is 2. The van der Waals surface area contributed by atoms with E-state index in [1.54, 1.807) is 24.3 Å². The smallest absolute Gasteiger partial charge is 0.339 e. The average molecular weight is 318 g/mol. The molecule has 2 amide bonds. The number of esters is 1. The molecule has 6 heteroatoms. The molecule has 2 rings (SSSR count). The third kappa shape index (κ3) is 4.09. The highest BCUT2D eigenvalue weighted by Gasteiger charge is 2.48. The minimum atomic E-state index is -0.511. The molecule has 23 heavy (non-hydrogen) atoms. The Kier molecular flexibility index (Phi) is 5.36. The molecule has 1 aliphatic rings. The zero-order chi connectivity index (χ0) is 17.0. The van der Waals surface area contributed by atoms with Crippen LogP contribution in [0.2, 0.25) is 0 Å². The van der Waals surface area contributed by atoms with Crippen molar-refractivity contribution >= 4 is 23.5 Å². The molecule has 1 aromatic carbocycles. The Labute approximate surface area is 135 Å². The molecule has 1 saturated carbocycles. The molecule has 0 radical (unpaired) electrons. The molecule has 3 unspecified atom stereocenters. The number of ether oxygens (including phenoxy) is 1. The van der Waals surface area contributed by atoms with Crippen LogP contribution in [0.5, 0.6) is 0 Å². The number of methoxy groups -OCH3 is 1. The zero-order valence-corrected chi connectivity index (χ0v) is 13.6. The predicted molar refractivity (Wildman–Crippen MR) is 85.9 cm³/mol. The van der Waals surface area contributed by atoms with Crippen molar-refractivity contribution in [1.29, 1.82) is 0 Å². The van der Waals surface area contributed by atoms with Crippen molar-refractivity contribution in [3.63, 3.8) is 0 Å². The highest BCUT2D eigenvalue weighted by molar-refractivity contribution is 6.04. The van der Waals surface area contributed by atoms with Crippen LogP contribution in [0, 0.1) is 11.8 Å². The minimum absolute atomic E-state index is 0.0826. The number of para-hydroxylation sites is 1. The second-order valence-electron chi connectivity index (χ2n) is 5.79. The van der Waals surface area contributed by atoms with Crippen LogP contribution in [0.4, 0.5) is 5.69 Å². The van der Waals surface area contributed by atoms with Gasteiger partial charge < -0.3 is 15.4 Å². The van der Waals surface area contributed by atoms with E-state index in [0.717, 1.165) is 6.42 Å². The topological polar surface area (TPSA) is 84.5 Å². The van der Waals surface area contributed by atoms with Crippen molar-refractivity contribution in [2.45, 2.75) is 32.7 Å². The molecular formula is C17H22N2O4. The molecule has 124 valence electrons. The fraction of sp³-hybridized carbons (Fsp3) is 0.471. The lowest BCUT2D eigenvalue weighted by Crippen LogP contribution is -2.34. The van der Waals surface area contributed by atoms with Crippen LogP contribution >= 0.6 is 0 Å². The predicted octanol–water partition coefficient (Wildman–Crippen LogP) is 1.96. The molecule has 1 aliphatic carbocycles. The van der Waals surface area contributed by atoms with Gasteiger partial charge in [-0.05, 0) is 31.9 Å². The summed E-state index contributed by atoms with van der Waals surface area (Å²) in [5, 5.41) is 5.61. The Balaban J connectivity index is 1.97. The number of carbonyl (C=O) groups is 3. The number of anilines is 1. The maximum atomic E-state index is 12.3. The zero-order valence-electron chi connectivity index (χ0n) is 13.6. The first-order valence-corrected chi connectivity index (χ1v) is 7.76. The summed E-state index contributed by atoms with van der Waals surface area (Å²) in [7, 11) is 1.29. The second kappa shape index (κ2) is 7.26. The summed E-state index contributed by atoms with van der Waals surface area (Å²) in [6, 6.07) is 6.75.